The predicted octanol–water partition coefficient (Wildman–Crippen LogP) is 4.50. The van der Waals surface area contributed by atoms with Crippen molar-refractivity contribution in [1.29, 1.82) is 0 Å². The van der Waals surface area contributed by atoms with Crippen LogP contribution in [0.4, 0.5) is 5.69 Å². The molecule has 0 aliphatic carbocycles. The van der Waals surface area contributed by atoms with Crippen molar-refractivity contribution in [1.82, 2.24) is 0 Å². The number of benzene rings is 2. The quantitative estimate of drug-likeness (QED) is 0.860. The summed E-state index contributed by atoms with van der Waals surface area (Å²) in [6, 6.07) is 8.61. The molecule has 6 heteroatoms. The first-order chi connectivity index (χ1) is 10.9. The number of anilines is 1. The third kappa shape index (κ3) is 4.30. The molecule has 0 aliphatic rings. The number of amides is 1. The minimum absolute atomic E-state index is 0.133. The van der Waals surface area contributed by atoms with Crippen LogP contribution in [0, 0.1) is 6.92 Å². The zero-order chi connectivity index (χ0) is 17.0. The van der Waals surface area contributed by atoms with Crippen LogP contribution in [0.1, 0.15) is 11.1 Å². The third-order valence-corrected chi connectivity index (χ3v) is 3.99. The Bertz CT molecular complexity index is 732. The highest BCUT2D eigenvalue weighted by Crippen LogP contribution is 2.31. The fourth-order valence-corrected chi connectivity index (χ4v) is 2.53. The van der Waals surface area contributed by atoms with Gasteiger partial charge in [-0.25, -0.2) is 0 Å². The predicted molar refractivity (Wildman–Crippen MR) is 93.1 cm³/mol. The van der Waals surface area contributed by atoms with Gasteiger partial charge in [0.15, 0.2) is 0 Å². The van der Waals surface area contributed by atoms with Gasteiger partial charge in [-0.15, -0.1) is 0 Å². The summed E-state index contributed by atoms with van der Waals surface area (Å²) in [4.78, 5) is 12.3. The van der Waals surface area contributed by atoms with Gasteiger partial charge >= 0.3 is 0 Å². The lowest BCUT2D eigenvalue weighted by molar-refractivity contribution is -0.115. The third-order valence-electron chi connectivity index (χ3n) is 3.35. The van der Waals surface area contributed by atoms with Crippen LogP contribution in [0.25, 0.3) is 0 Å². The van der Waals surface area contributed by atoms with Crippen LogP contribution in [0.15, 0.2) is 30.3 Å². The summed E-state index contributed by atoms with van der Waals surface area (Å²) in [7, 11) is 3.08. The van der Waals surface area contributed by atoms with Crippen molar-refractivity contribution < 1.29 is 14.3 Å². The number of carbonyl (C=O) groups is 1. The van der Waals surface area contributed by atoms with E-state index in [1.165, 1.54) is 7.11 Å². The standard InChI is InChI=1S/C17H17Cl2NO3/c1-10-6-14(16(23-3)9-13(10)19)20-17(21)8-11-7-12(18)4-5-15(11)22-2/h4-7,9H,8H2,1-3H3,(H,20,21). The van der Waals surface area contributed by atoms with E-state index in [0.29, 0.717) is 32.8 Å². The number of hydrogen-bond donors (Lipinski definition) is 1. The number of ether oxygens (including phenoxy) is 2. The van der Waals surface area contributed by atoms with E-state index in [-0.39, 0.29) is 12.3 Å². The number of methoxy groups -OCH3 is 2. The lowest BCUT2D eigenvalue weighted by atomic mass is 10.1. The summed E-state index contributed by atoms with van der Waals surface area (Å²) >= 11 is 12.0. The average molecular weight is 354 g/mol. The molecule has 0 bridgehead atoms. The van der Waals surface area contributed by atoms with Gasteiger partial charge in [-0.3, -0.25) is 4.79 Å². The van der Waals surface area contributed by atoms with Crippen LogP contribution in [0.3, 0.4) is 0 Å². The van der Waals surface area contributed by atoms with E-state index in [0.717, 1.165) is 5.56 Å². The minimum Gasteiger partial charge on any atom is -0.496 e. The molecule has 0 radical (unpaired) electrons. The number of carbonyl (C=O) groups excluding carboxylic acids is 1. The summed E-state index contributed by atoms with van der Waals surface area (Å²) in [6.45, 7) is 1.86. The zero-order valence-electron chi connectivity index (χ0n) is 13.1. The maximum atomic E-state index is 12.3. The van der Waals surface area contributed by atoms with E-state index in [1.807, 2.05) is 6.92 Å². The second kappa shape index (κ2) is 7.57. The normalized spacial score (nSPS) is 10.3. The number of aryl methyl sites for hydroxylation is 1. The summed E-state index contributed by atoms with van der Waals surface area (Å²) < 4.78 is 10.5. The Hall–Kier alpha value is -1.91. The maximum absolute atomic E-state index is 12.3. The van der Waals surface area contributed by atoms with Gasteiger partial charge in [0.1, 0.15) is 11.5 Å². The molecule has 2 rings (SSSR count). The molecule has 2 aromatic carbocycles. The van der Waals surface area contributed by atoms with Crippen molar-refractivity contribution in [3.63, 3.8) is 0 Å². The molecule has 0 aromatic heterocycles. The Labute approximate surface area is 145 Å². The molecule has 2 aromatic rings. The molecule has 0 heterocycles. The fourth-order valence-electron chi connectivity index (χ4n) is 2.18. The van der Waals surface area contributed by atoms with Gasteiger partial charge < -0.3 is 14.8 Å². The van der Waals surface area contributed by atoms with Gasteiger partial charge in [0.25, 0.3) is 0 Å². The fraction of sp³-hybridized carbons (Fsp3) is 0.235. The smallest absolute Gasteiger partial charge is 0.229 e. The lowest BCUT2D eigenvalue weighted by Gasteiger charge is -2.13. The molecular formula is C17H17Cl2NO3. The van der Waals surface area contributed by atoms with Crippen LogP contribution in [-0.2, 0) is 11.2 Å². The van der Waals surface area contributed by atoms with Gasteiger partial charge in [-0.1, -0.05) is 23.2 Å². The van der Waals surface area contributed by atoms with E-state index in [4.69, 9.17) is 32.7 Å². The second-order valence-corrected chi connectivity index (χ2v) is 5.83. The first-order valence-corrected chi connectivity index (χ1v) is 7.66. The highest BCUT2D eigenvalue weighted by Gasteiger charge is 2.13. The van der Waals surface area contributed by atoms with Crippen molar-refractivity contribution >= 4 is 34.8 Å². The van der Waals surface area contributed by atoms with E-state index in [1.54, 1.807) is 37.4 Å². The monoisotopic (exact) mass is 353 g/mol. The van der Waals surface area contributed by atoms with Gasteiger partial charge in [0.2, 0.25) is 5.91 Å². The average Bonchev–Trinajstić information content (AvgIpc) is 2.50. The molecule has 23 heavy (non-hydrogen) atoms. The van der Waals surface area contributed by atoms with Crippen molar-refractivity contribution in [3.05, 3.63) is 51.5 Å². The first-order valence-electron chi connectivity index (χ1n) is 6.91. The molecule has 122 valence electrons. The van der Waals surface area contributed by atoms with Gasteiger partial charge in [-0.05, 0) is 36.8 Å². The van der Waals surface area contributed by atoms with E-state index >= 15 is 0 Å². The van der Waals surface area contributed by atoms with Crippen LogP contribution >= 0.6 is 23.2 Å². The summed E-state index contributed by atoms with van der Waals surface area (Å²) in [5.74, 6) is 0.918. The van der Waals surface area contributed by atoms with Crippen molar-refractivity contribution in [2.24, 2.45) is 0 Å². The first kappa shape index (κ1) is 17.4. The topological polar surface area (TPSA) is 47.6 Å². The molecule has 0 saturated carbocycles. The number of nitrogens with one attached hydrogen (secondary N) is 1. The Morgan fingerprint density at radius 2 is 1.78 bits per heavy atom. The zero-order valence-corrected chi connectivity index (χ0v) is 14.6. The summed E-state index contributed by atoms with van der Waals surface area (Å²) in [5.41, 5.74) is 2.13. The Kier molecular flexibility index (Phi) is 5.74. The van der Waals surface area contributed by atoms with Gasteiger partial charge in [0, 0.05) is 21.7 Å². The van der Waals surface area contributed by atoms with E-state index in [9.17, 15) is 4.79 Å². The second-order valence-electron chi connectivity index (χ2n) is 4.98. The van der Waals surface area contributed by atoms with Crippen LogP contribution < -0.4 is 14.8 Å². The molecule has 1 amide bonds. The minimum atomic E-state index is -0.203. The molecule has 0 spiro atoms. The highest BCUT2D eigenvalue weighted by molar-refractivity contribution is 6.31. The number of hydrogen-bond acceptors (Lipinski definition) is 3. The van der Waals surface area contributed by atoms with Gasteiger partial charge in [-0.2, -0.15) is 0 Å². The lowest BCUT2D eigenvalue weighted by Crippen LogP contribution is -2.15. The largest absolute Gasteiger partial charge is 0.496 e. The Morgan fingerprint density at radius 1 is 1.09 bits per heavy atom. The van der Waals surface area contributed by atoms with E-state index < -0.39 is 0 Å². The number of halogens is 2. The van der Waals surface area contributed by atoms with Gasteiger partial charge in [0.05, 0.1) is 26.3 Å². The Balaban J connectivity index is 2.20. The Morgan fingerprint density at radius 3 is 2.43 bits per heavy atom. The molecule has 0 aliphatic heterocycles. The molecule has 4 nitrogen and oxygen atoms in total. The molecule has 0 fully saturated rings. The molecule has 0 atom stereocenters. The van der Waals surface area contributed by atoms with Crippen molar-refractivity contribution in [2.45, 2.75) is 13.3 Å². The van der Waals surface area contributed by atoms with Crippen LogP contribution in [-0.4, -0.2) is 20.1 Å². The van der Waals surface area contributed by atoms with Crippen LogP contribution in [0.2, 0.25) is 10.0 Å². The number of rotatable bonds is 5. The summed E-state index contributed by atoms with van der Waals surface area (Å²) in [6.07, 6.45) is 0.133. The molecular weight excluding hydrogens is 337 g/mol. The highest BCUT2D eigenvalue weighted by atomic mass is 35.5. The van der Waals surface area contributed by atoms with E-state index in [2.05, 4.69) is 5.32 Å². The van der Waals surface area contributed by atoms with Crippen molar-refractivity contribution in [2.75, 3.05) is 19.5 Å². The molecule has 1 N–H and O–H groups in total. The molecule has 0 saturated heterocycles. The maximum Gasteiger partial charge on any atom is 0.229 e. The van der Waals surface area contributed by atoms with Crippen LogP contribution in [0.5, 0.6) is 11.5 Å². The SMILES string of the molecule is COc1ccc(Cl)cc1CC(=O)Nc1cc(C)c(Cl)cc1OC. The van der Waals surface area contributed by atoms with Crippen molar-refractivity contribution in [3.8, 4) is 11.5 Å². The molecule has 0 unspecified atom stereocenters. The summed E-state index contributed by atoms with van der Waals surface area (Å²) in [5, 5.41) is 3.96.